The summed E-state index contributed by atoms with van der Waals surface area (Å²) in [7, 11) is 0. The minimum atomic E-state index is -0.262. The normalized spacial score (nSPS) is 13.2. The number of aromatic nitrogens is 1. The zero-order valence-corrected chi connectivity index (χ0v) is 13.6. The highest BCUT2D eigenvalue weighted by Gasteiger charge is 2.36. The van der Waals surface area contributed by atoms with Gasteiger partial charge in [-0.2, -0.15) is 0 Å². The van der Waals surface area contributed by atoms with E-state index in [0.717, 1.165) is 24.1 Å². The third kappa shape index (κ3) is 2.83. The van der Waals surface area contributed by atoms with Crippen LogP contribution in [-0.4, -0.2) is 16.8 Å². The molecule has 0 atom stereocenters. The second kappa shape index (κ2) is 6.32. The zero-order chi connectivity index (χ0) is 17.2. The number of nitrogens with zero attached hydrogens (tertiary/aromatic N) is 2. The van der Waals surface area contributed by atoms with Crippen molar-refractivity contribution in [2.75, 3.05) is 4.90 Å². The van der Waals surface area contributed by atoms with Crippen LogP contribution in [0.3, 0.4) is 0 Å². The lowest BCUT2D eigenvalue weighted by molar-refractivity contribution is 0.0926. The van der Waals surface area contributed by atoms with Crippen LogP contribution in [0.5, 0.6) is 0 Å². The molecule has 0 radical (unpaired) electrons. The van der Waals surface area contributed by atoms with Crippen LogP contribution in [0, 0.1) is 0 Å². The van der Waals surface area contributed by atoms with Crippen molar-refractivity contribution in [3.05, 3.63) is 95.3 Å². The molecule has 1 aliphatic rings. The SMILES string of the molecule is O=C1c2ccccc2C(=O)N1c1ccc(CCc2ccccn2)cc1. The maximum absolute atomic E-state index is 12.5. The molecule has 4 nitrogen and oxygen atoms in total. The zero-order valence-electron chi connectivity index (χ0n) is 13.6. The van der Waals surface area contributed by atoms with E-state index in [1.165, 1.54) is 4.90 Å². The van der Waals surface area contributed by atoms with E-state index in [4.69, 9.17) is 0 Å². The van der Waals surface area contributed by atoms with Crippen LogP contribution in [0.15, 0.2) is 72.9 Å². The number of pyridine rings is 1. The molecule has 0 N–H and O–H groups in total. The molecule has 4 rings (SSSR count). The molecule has 0 saturated carbocycles. The number of imide groups is 1. The summed E-state index contributed by atoms with van der Waals surface area (Å²) in [5.41, 5.74) is 3.73. The van der Waals surface area contributed by atoms with Gasteiger partial charge >= 0.3 is 0 Å². The number of carbonyl (C=O) groups is 2. The van der Waals surface area contributed by atoms with Crippen molar-refractivity contribution in [2.45, 2.75) is 12.8 Å². The van der Waals surface area contributed by atoms with E-state index >= 15 is 0 Å². The first kappa shape index (κ1) is 15.3. The Labute approximate surface area is 145 Å². The summed E-state index contributed by atoms with van der Waals surface area (Å²) in [5, 5.41) is 0. The lowest BCUT2D eigenvalue weighted by atomic mass is 10.1. The van der Waals surface area contributed by atoms with Crippen molar-refractivity contribution in [2.24, 2.45) is 0 Å². The molecule has 4 heteroatoms. The molecule has 122 valence electrons. The summed E-state index contributed by atoms with van der Waals surface area (Å²) in [5.74, 6) is -0.524. The van der Waals surface area contributed by atoms with Crippen LogP contribution in [0.1, 0.15) is 32.0 Å². The summed E-state index contributed by atoms with van der Waals surface area (Å²) in [6.45, 7) is 0. The number of carbonyl (C=O) groups excluding carboxylic acids is 2. The second-order valence-corrected chi connectivity index (χ2v) is 5.98. The van der Waals surface area contributed by atoms with E-state index in [-0.39, 0.29) is 11.8 Å². The summed E-state index contributed by atoms with van der Waals surface area (Å²) >= 11 is 0. The van der Waals surface area contributed by atoms with Gasteiger partial charge in [0.05, 0.1) is 16.8 Å². The average molecular weight is 328 g/mol. The molecule has 2 heterocycles. The van der Waals surface area contributed by atoms with E-state index in [1.54, 1.807) is 30.5 Å². The maximum atomic E-state index is 12.5. The Bertz CT molecular complexity index is 899. The van der Waals surface area contributed by atoms with Gasteiger partial charge in [0.2, 0.25) is 0 Å². The van der Waals surface area contributed by atoms with Crippen LogP contribution >= 0.6 is 0 Å². The quantitative estimate of drug-likeness (QED) is 0.687. The maximum Gasteiger partial charge on any atom is 0.266 e. The lowest BCUT2D eigenvalue weighted by Crippen LogP contribution is -2.29. The number of anilines is 1. The Morgan fingerprint density at radius 2 is 1.36 bits per heavy atom. The molecule has 0 unspecified atom stereocenters. The van der Waals surface area contributed by atoms with Crippen molar-refractivity contribution in [1.29, 1.82) is 0 Å². The van der Waals surface area contributed by atoms with Gasteiger partial charge in [0.15, 0.2) is 0 Å². The van der Waals surface area contributed by atoms with Crippen LogP contribution in [-0.2, 0) is 12.8 Å². The second-order valence-electron chi connectivity index (χ2n) is 5.98. The third-order valence-electron chi connectivity index (χ3n) is 4.38. The number of hydrogen-bond acceptors (Lipinski definition) is 3. The molecule has 25 heavy (non-hydrogen) atoms. The van der Waals surface area contributed by atoms with Gasteiger partial charge in [-0.1, -0.05) is 30.3 Å². The average Bonchev–Trinajstić information content (AvgIpc) is 2.93. The van der Waals surface area contributed by atoms with E-state index in [2.05, 4.69) is 4.98 Å². The fraction of sp³-hybridized carbons (Fsp3) is 0.0952. The van der Waals surface area contributed by atoms with Crippen molar-refractivity contribution in [3.63, 3.8) is 0 Å². The van der Waals surface area contributed by atoms with E-state index in [0.29, 0.717) is 16.8 Å². The van der Waals surface area contributed by atoms with Crippen molar-refractivity contribution in [3.8, 4) is 0 Å². The van der Waals surface area contributed by atoms with Gasteiger partial charge < -0.3 is 0 Å². The van der Waals surface area contributed by atoms with Gasteiger partial charge in [-0.05, 0) is 54.8 Å². The molecule has 0 spiro atoms. The Balaban J connectivity index is 1.51. The molecular formula is C21H16N2O2. The fourth-order valence-electron chi connectivity index (χ4n) is 3.05. The standard InChI is InChI=1S/C21H16N2O2/c24-20-18-6-1-2-7-19(18)21(25)23(20)17-12-9-15(10-13-17)8-11-16-5-3-4-14-22-16/h1-7,9-10,12-14H,8,11H2. The predicted molar refractivity (Wildman–Crippen MR) is 95.7 cm³/mol. The smallest absolute Gasteiger partial charge is 0.266 e. The monoisotopic (exact) mass is 328 g/mol. The number of rotatable bonds is 4. The summed E-state index contributed by atoms with van der Waals surface area (Å²) in [6, 6.07) is 20.4. The summed E-state index contributed by atoms with van der Waals surface area (Å²) < 4.78 is 0. The highest BCUT2D eigenvalue weighted by atomic mass is 16.2. The molecular weight excluding hydrogens is 312 g/mol. The molecule has 0 saturated heterocycles. The summed E-state index contributed by atoms with van der Waals surface area (Å²) in [4.78, 5) is 30.6. The van der Waals surface area contributed by atoms with E-state index < -0.39 is 0 Å². The predicted octanol–water partition coefficient (Wildman–Crippen LogP) is 3.67. The van der Waals surface area contributed by atoms with E-state index in [9.17, 15) is 9.59 Å². The topological polar surface area (TPSA) is 50.3 Å². The van der Waals surface area contributed by atoms with Gasteiger partial charge in [-0.15, -0.1) is 0 Å². The van der Waals surface area contributed by atoms with Gasteiger partial charge in [-0.3, -0.25) is 14.6 Å². The molecule has 0 aliphatic carbocycles. The molecule has 3 aromatic rings. The fourth-order valence-corrected chi connectivity index (χ4v) is 3.05. The first-order chi connectivity index (χ1) is 12.2. The van der Waals surface area contributed by atoms with Crippen LogP contribution in [0.2, 0.25) is 0 Å². The first-order valence-corrected chi connectivity index (χ1v) is 8.21. The number of amides is 2. The highest BCUT2D eigenvalue weighted by molar-refractivity contribution is 6.34. The Hall–Kier alpha value is -3.27. The van der Waals surface area contributed by atoms with Crippen LogP contribution in [0.4, 0.5) is 5.69 Å². The summed E-state index contributed by atoms with van der Waals surface area (Å²) in [6.07, 6.45) is 3.51. The molecule has 1 aliphatic heterocycles. The molecule has 0 bridgehead atoms. The largest absolute Gasteiger partial charge is 0.268 e. The van der Waals surface area contributed by atoms with Gasteiger partial charge in [-0.25, -0.2) is 4.90 Å². The number of hydrogen-bond donors (Lipinski definition) is 0. The van der Waals surface area contributed by atoms with Crippen molar-refractivity contribution >= 4 is 17.5 Å². The third-order valence-corrected chi connectivity index (χ3v) is 4.38. The minimum absolute atomic E-state index is 0.262. The van der Waals surface area contributed by atoms with Gasteiger partial charge in [0, 0.05) is 11.9 Å². The number of aryl methyl sites for hydroxylation is 2. The molecule has 2 aromatic carbocycles. The lowest BCUT2D eigenvalue weighted by Gasteiger charge is -2.14. The number of fused-ring (bicyclic) bond motifs is 1. The first-order valence-electron chi connectivity index (χ1n) is 8.21. The van der Waals surface area contributed by atoms with Gasteiger partial charge in [0.25, 0.3) is 11.8 Å². The van der Waals surface area contributed by atoms with Crippen molar-refractivity contribution < 1.29 is 9.59 Å². The van der Waals surface area contributed by atoms with Crippen LogP contribution in [0.25, 0.3) is 0 Å². The molecule has 2 amide bonds. The van der Waals surface area contributed by atoms with Crippen molar-refractivity contribution in [1.82, 2.24) is 4.98 Å². The Morgan fingerprint density at radius 1 is 0.720 bits per heavy atom. The van der Waals surface area contributed by atoms with E-state index in [1.807, 2.05) is 42.5 Å². The molecule has 0 fully saturated rings. The Kier molecular flexibility index (Phi) is 3.86. The molecule has 1 aromatic heterocycles. The Morgan fingerprint density at radius 3 is 1.96 bits per heavy atom. The number of benzene rings is 2. The minimum Gasteiger partial charge on any atom is -0.268 e. The highest BCUT2D eigenvalue weighted by Crippen LogP contribution is 2.28. The van der Waals surface area contributed by atoms with Gasteiger partial charge in [0.1, 0.15) is 0 Å². The van der Waals surface area contributed by atoms with Crippen LogP contribution < -0.4 is 4.90 Å².